The maximum atomic E-state index is 6.36. The minimum atomic E-state index is 0.863. The Balaban J connectivity index is 2.44. The van der Waals surface area contributed by atoms with E-state index in [4.69, 9.17) is 5.73 Å². The summed E-state index contributed by atoms with van der Waals surface area (Å²) in [4.78, 5) is 4.24. The van der Waals surface area contributed by atoms with Gasteiger partial charge in [-0.25, -0.2) is 0 Å². The monoisotopic (exact) mass is 248 g/mol. The van der Waals surface area contributed by atoms with Crippen molar-refractivity contribution in [3.8, 4) is 11.1 Å². The van der Waals surface area contributed by atoms with E-state index in [1.807, 2.05) is 36.7 Å². The Kier molecular flexibility index (Phi) is 2.71. The van der Waals surface area contributed by atoms with Gasteiger partial charge in [-0.1, -0.05) is 30.3 Å². The van der Waals surface area contributed by atoms with E-state index in [0.717, 1.165) is 22.4 Å². The van der Waals surface area contributed by atoms with Crippen molar-refractivity contribution < 1.29 is 0 Å². The Morgan fingerprint density at radius 2 is 1.63 bits per heavy atom. The van der Waals surface area contributed by atoms with Gasteiger partial charge in [0.05, 0.1) is 0 Å². The summed E-state index contributed by atoms with van der Waals surface area (Å²) in [7, 11) is 0. The molecule has 0 fully saturated rings. The molecule has 19 heavy (non-hydrogen) atoms. The molecule has 0 amide bonds. The van der Waals surface area contributed by atoms with Gasteiger partial charge in [0, 0.05) is 29.0 Å². The number of aryl methyl sites for hydroxylation is 2. The molecule has 3 rings (SSSR count). The Bertz CT molecular complexity index is 746. The second-order valence-electron chi connectivity index (χ2n) is 4.83. The van der Waals surface area contributed by atoms with E-state index in [9.17, 15) is 0 Å². The third-order valence-electron chi connectivity index (χ3n) is 3.74. The lowest BCUT2D eigenvalue weighted by Gasteiger charge is -2.16. The molecule has 0 aliphatic rings. The molecular formula is C17H16N2. The second kappa shape index (κ2) is 4.39. The van der Waals surface area contributed by atoms with Crippen LogP contribution in [0.2, 0.25) is 0 Å². The molecule has 0 unspecified atom stereocenters. The van der Waals surface area contributed by atoms with Crippen molar-refractivity contribution >= 4 is 16.5 Å². The Labute approximate surface area is 112 Å². The number of anilines is 1. The summed E-state index contributed by atoms with van der Waals surface area (Å²) in [6, 6.07) is 12.3. The molecule has 0 atom stereocenters. The molecule has 2 aromatic carbocycles. The molecule has 2 N–H and O–H groups in total. The molecule has 3 aromatic rings. The SMILES string of the molecule is Cc1c(N)c(-c2ccccc2)c(C)c2cnccc12. The molecule has 0 saturated heterocycles. The van der Waals surface area contributed by atoms with Gasteiger partial charge < -0.3 is 5.73 Å². The normalized spacial score (nSPS) is 10.8. The van der Waals surface area contributed by atoms with E-state index in [0.29, 0.717) is 0 Å². The molecular weight excluding hydrogens is 232 g/mol. The van der Waals surface area contributed by atoms with E-state index in [2.05, 4.69) is 31.0 Å². The molecule has 2 heteroatoms. The molecule has 0 bridgehead atoms. The highest BCUT2D eigenvalue weighted by Gasteiger charge is 2.13. The van der Waals surface area contributed by atoms with Gasteiger partial charge in [0.15, 0.2) is 0 Å². The number of rotatable bonds is 1. The van der Waals surface area contributed by atoms with E-state index < -0.39 is 0 Å². The maximum Gasteiger partial charge on any atom is 0.0432 e. The lowest BCUT2D eigenvalue weighted by atomic mass is 9.91. The van der Waals surface area contributed by atoms with Crippen molar-refractivity contribution in [2.45, 2.75) is 13.8 Å². The number of fused-ring (bicyclic) bond motifs is 1. The predicted molar refractivity (Wildman–Crippen MR) is 81.1 cm³/mol. The van der Waals surface area contributed by atoms with E-state index in [1.54, 1.807) is 0 Å². The smallest absolute Gasteiger partial charge is 0.0432 e. The first kappa shape index (κ1) is 11.7. The van der Waals surface area contributed by atoms with Crippen LogP contribution in [0.1, 0.15) is 11.1 Å². The quantitative estimate of drug-likeness (QED) is 0.658. The minimum Gasteiger partial charge on any atom is -0.398 e. The van der Waals surface area contributed by atoms with Crippen molar-refractivity contribution in [2.75, 3.05) is 5.73 Å². The average Bonchev–Trinajstić information content (AvgIpc) is 2.46. The molecule has 0 aliphatic carbocycles. The average molecular weight is 248 g/mol. The summed E-state index contributed by atoms with van der Waals surface area (Å²) < 4.78 is 0. The van der Waals surface area contributed by atoms with Crippen molar-refractivity contribution in [3.05, 3.63) is 59.9 Å². The number of benzene rings is 2. The van der Waals surface area contributed by atoms with Gasteiger partial charge >= 0.3 is 0 Å². The van der Waals surface area contributed by atoms with Crippen molar-refractivity contribution in [1.82, 2.24) is 4.98 Å². The Hall–Kier alpha value is -2.35. The lowest BCUT2D eigenvalue weighted by molar-refractivity contribution is 1.34. The molecule has 0 spiro atoms. The highest BCUT2D eigenvalue weighted by molar-refractivity contribution is 6.00. The fraction of sp³-hybridized carbons (Fsp3) is 0.118. The van der Waals surface area contributed by atoms with Crippen LogP contribution in [-0.4, -0.2) is 4.98 Å². The minimum absolute atomic E-state index is 0.863. The third-order valence-corrected chi connectivity index (χ3v) is 3.74. The van der Waals surface area contributed by atoms with Crippen LogP contribution in [-0.2, 0) is 0 Å². The first-order chi connectivity index (χ1) is 9.20. The third kappa shape index (κ3) is 1.76. The van der Waals surface area contributed by atoms with Crippen molar-refractivity contribution in [2.24, 2.45) is 0 Å². The molecule has 1 heterocycles. The van der Waals surface area contributed by atoms with E-state index >= 15 is 0 Å². The number of pyridine rings is 1. The lowest BCUT2D eigenvalue weighted by Crippen LogP contribution is -1.99. The molecule has 1 aromatic heterocycles. The molecule has 94 valence electrons. The van der Waals surface area contributed by atoms with Gasteiger partial charge in [0.25, 0.3) is 0 Å². The number of aromatic nitrogens is 1. The van der Waals surface area contributed by atoms with Gasteiger partial charge in [-0.2, -0.15) is 0 Å². The molecule has 2 nitrogen and oxygen atoms in total. The number of hydrogen-bond donors (Lipinski definition) is 1. The van der Waals surface area contributed by atoms with Crippen LogP contribution in [0, 0.1) is 13.8 Å². The van der Waals surface area contributed by atoms with Crippen molar-refractivity contribution in [1.29, 1.82) is 0 Å². The Morgan fingerprint density at radius 3 is 2.37 bits per heavy atom. The van der Waals surface area contributed by atoms with Gasteiger partial charge in [0.2, 0.25) is 0 Å². The van der Waals surface area contributed by atoms with E-state index in [1.165, 1.54) is 16.3 Å². The van der Waals surface area contributed by atoms with Crippen LogP contribution in [0.3, 0.4) is 0 Å². The number of nitrogen functional groups attached to an aromatic ring is 1. The second-order valence-corrected chi connectivity index (χ2v) is 4.83. The van der Waals surface area contributed by atoms with Crippen LogP contribution in [0.5, 0.6) is 0 Å². The number of hydrogen-bond acceptors (Lipinski definition) is 2. The number of nitrogens with zero attached hydrogens (tertiary/aromatic N) is 1. The van der Waals surface area contributed by atoms with Gasteiger partial charge in [0.1, 0.15) is 0 Å². The zero-order valence-corrected chi connectivity index (χ0v) is 11.1. The zero-order chi connectivity index (χ0) is 13.4. The van der Waals surface area contributed by atoms with Crippen molar-refractivity contribution in [3.63, 3.8) is 0 Å². The first-order valence-electron chi connectivity index (χ1n) is 6.38. The predicted octanol–water partition coefficient (Wildman–Crippen LogP) is 4.10. The molecule has 0 aliphatic heterocycles. The fourth-order valence-corrected chi connectivity index (χ4v) is 2.67. The highest BCUT2D eigenvalue weighted by Crippen LogP contribution is 2.37. The topological polar surface area (TPSA) is 38.9 Å². The summed E-state index contributed by atoms with van der Waals surface area (Å²) in [5.74, 6) is 0. The largest absolute Gasteiger partial charge is 0.398 e. The summed E-state index contributed by atoms with van der Waals surface area (Å²) in [5.41, 5.74) is 11.8. The summed E-state index contributed by atoms with van der Waals surface area (Å²) >= 11 is 0. The van der Waals surface area contributed by atoms with Gasteiger partial charge in [-0.15, -0.1) is 0 Å². The van der Waals surface area contributed by atoms with Crippen LogP contribution in [0.4, 0.5) is 5.69 Å². The van der Waals surface area contributed by atoms with Gasteiger partial charge in [-0.05, 0) is 42.0 Å². The van der Waals surface area contributed by atoms with Crippen LogP contribution < -0.4 is 5.73 Å². The summed E-state index contributed by atoms with van der Waals surface area (Å²) in [5, 5.41) is 2.36. The summed E-state index contributed by atoms with van der Waals surface area (Å²) in [6.07, 6.45) is 3.74. The maximum absolute atomic E-state index is 6.36. The Morgan fingerprint density at radius 1 is 0.895 bits per heavy atom. The zero-order valence-electron chi connectivity index (χ0n) is 11.1. The standard InChI is InChI=1S/C17H16N2/c1-11-15-10-19-9-8-14(15)12(2)17(18)16(11)13-6-4-3-5-7-13/h3-10H,18H2,1-2H3. The molecule has 0 saturated carbocycles. The molecule has 0 radical (unpaired) electrons. The summed E-state index contributed by atoms with van der Waals surface area (Å²) in [6.45, 7) is 4.19. The first-order valence-corrected chi connectivity index (χ1v) is 6.38. The van der Waals surface area contributed by atoms with Crippen LogP contribution in [0.15, 0.2) is 48.8 Å². The fourth-order valence-electron chi connectivity index (χ4n) is 2.67. The van der Waals surface area contributed by atoms with Crippen LogP contribution >= 0.6 is 0 Å². The number of nitrogens with two attached hydrogens (primary N) is 1. The highest BCUT2D eigenvalue weighted by atomic mass is 14.6. The van der Waals surface area contributed by atoms with Crippen LogP contribution in [0.25, 0.3) is 21.9 Å². The van der Waals surface area contributed by atoms with E-state index in [-0.39, 0.29) is 0 Å². The van der Waals surface area contributed by atoms with Gasteiger partial charge in [-0.3, -0.25) is 4.98 Å².